The van der Waals surface area contributed by atoms with E-state index in [1.807, 2.05) is 54.0 Å². The van der Waals surface area contributed by atoms with Crippen LogP contribution in [0.4, 0.5) is 11.5 Å². The molecule has 1 aromatic heterocycles. The molecule has 3 heterocycles. The minimum Gasteiger partial charge on any atom is -0.369 e. The number of piperidine rings is 1. The van der Waals surface area contributed by atoms with Gasteiger partial charge in [0.1, 0.15) is 17.8 Å². The molecule has 1 saturated carbocycles. The molecule has 4 aromatic rings. The maximum Gasteiger partial charge on any atom is 0.289 e. The highest BCUT2D eigenvalue weighted by molar-refractivity contribution is 6.01. The van der Waals surface area contributed by atoms with E-state index in [1.165, 1.54) is 0 Å². The lowest BCUT2D eigenvalue weighted by Gasteiger charge is -2.33. The first kappa shape index (κ1) is 26.1. The fourth-order valence-electron chi connectivity index (χ4n) is 7.04. The molecule has 42 heavy (non-hydrogen) atoms. The van der Waals surface area contributed by atoms with Crippen molar-refractivity contribution in [2.24, 2.45) is 11.7 Å². The van der Waals surface area contributed by atoms with Crippen molar-refractivity contribution >= 4 is 46.2 Å². The summed E-state index contributed by atoms with van der Waals surface area (Å²) in [7, 11) is 0. The zero-order chi connectivity index (χ0) is 29.0. The molecule has 1 aliphatic carbocycles. The summed E-state index contributed by atoms with van der Waals surface area (Å²) in [6.07, 6.45) is 4.38. The molecule has 210 valence electrons. The first-order valence-corrected chi connectivity index (χ1v) is 14.5. The van der Waals surface area contributed by atoms with Crippen LogP contribution in [0.1, 0.15) is 36.4 Å². The SMILES string of the molecule is Cc1cccc(NC(=O)[C@@H]2C3CCC(C3)N2C(=O)C[N+]2=CC(C(N)=O)c3cc(-c4ccc5ccccc5c4)ccc32)n1. The third-order valence-corrected chi connectivity index (χ3v) is 8.98. The third kappa shape index (κ3) is 4.53. The van der Waals surface area contributed by atoms with E-state index < -0.39 is 17.9 Å². The van der Waals surface area contributed by atoms with Crippen LogP contribution in [-0.2, 0) is 14.4 Å². The number of primary amides is 1. The summed E-state index contributed by atoms with van der Waals surface area (Å²) in [5.41, 5.74) is 10.2. The molecule has 7 rings (SSSR count). The summed E-state index contributed by atoms with van der Waals surface area (Å²) in [5, 5.41) is 5.23. The van der Waals surface area contributed by atoms with E-state index in [1.54, 1.807) is 17.2 Å². The monoisotopic (exact) mass is 558 g/mol. The van der Waals surface area contributed by atoms with E-state index in [0.717, 1.165) is 58.1 Å². The number of likely N-dealkylation sites (tertiary alicyclic amines) is 1. The number of nitrogens with one attached hydrogen (secondary N) is 1. The number of nitrogens with two attached hydrogens (primary N) is 1. The Labute approximate surface area is 243 Å². The molecule has 3 aliphatic rings. The number of pyridine rings is 1. The van der Waals surface area contributed by atoms with Crippen molar-refractivity contribution in [1.29, 1.82) is 0 Å². The van der Waals surface area contributed by atoms with Crippen LogP contribution in [0.2, 0.25) is 0 Å². The second-order valence-electron chi connectivity index (χ2n) is 11.6. The summed E-state index contributed by atoms with van der Waals surface area (Å²) in [5.74, 6) is -0.829. The van der Waals surface area contributed by atoms with Gasteiger partial charge in [0.15, 0.2) is 6.21 Å². The Morgan fingerprint density at radius 1 is 0.952 bits per heavy atom. The highest BCUT2D eigenvalue weighted by Gasteiger charge is 2.52. The molecule has 2 aliphatic heterocycles. The van der Waals surface area contributed by atoms with E-state index in [-0.39, 0.29) is 30.3 Å². The number of rotatable bonds is 6. The molecule has 2 bridgehead atoms. The zero-order valence-electron chi connectivity index (χ0n) is 23.4. The molecule has 1 saturated heterocycles. The predicted molar refractivity (Wildman–Crippen MR) is 162 cm³/mol. The molecule has 0 radical (unpaired) electrons. The molecule has 4 atom stereocenters. The smallest absolute Gasteiger partial charge is 0.289 e. The fourth-order valence-corrected chi connectivity index (χ4v) is 7.04. The van der Waals surface area contributed by atoms with Crippen LogP contribution in [-0.4, -0.2) is 57.0 Å². The van der Waals surface area contributed by atoms with Crippen molar-refractivity contribution in [3.63, 3.8) is 0 Å². The number of hydrogen-bond acceptors (Lipinski definition) is 4. The maximum absolute atomic E-state index is 13.9. The first-order valence-electron chi connectivity index (χ1n) is 14.5. The van der Waals surface area contributed by atoms with E-state index in [2.05, 4.69) is 40.6 Å². The van der Waals surface area contributed by atoms with Gasteiger partial charge in [-0.25, -0.2) is 4.98 Å². The largest absolute Gasteiger partial charge is 0.369 e. The number of nitrogens with zero attached hydrogens (tertiary/aromatic N) is 3. The van der Waals surface area contributed by atoms with Gasteiger partial charge in [-0.2, -0.15) is 4.58 Å². The maximum atomic E-state index is 13.9. The van der Waals surface area contributed by atoms with E-state index >= 15 is 0 Å². The van der Waals surface area contributed by atoms with Crippen LogP contribution in [0.3, 0.4) is 0 Å². The molecule has 0 spiro atoms. The quantitative estimate of drug-likeness (QED) is 0.339. The molecular weight excluding hydrogens is 526 g/mol. The highest BCUT2D eigenvalue weighted by atomic mass is 16.2. The third-order valence-electron chi connectivity index (χ3n) is 8.98. The van der Waals surface area contributed by atoms with Crippen LogP contribution in [0.25, 0.3) is 21.9 Å². The van der Waals surface area contributed by atoms with Crippen LogP contribution in [0.15, 0.2) is 78.9 Å². The molecule has 3 unspecified atom stereocenters. The molecule has 8 nitrogen and oxygen atoms in total. The van der Waals surface area contributed by atoms with Gasteiger partial charge >= 0.3 is 0 Å². The first-order chi connectivity index (χ1) is 20.4. The summed E-state index contributed by atoms with van der Waals surface area (Å²) in [4.78, 5) is 46.0. The van der Waals surface area contributed by atoms with Gasteiger partial charge in [0.2, 0.25) is 24.0 Å². The average molecular weight is 559 g/mol. The zero-order valence-corrected chi connectivity index (χ0v) is 23.4. The van der Waals surface area contributed by atoms with Gasteiger partial charge in [-0.3, -0.25) is 14.4 Å². The second-order valence-corrected chi connectivity index (χ2v) is 11.6. The van der Waals surface area contributed by atoms with E-state index in [9.17, 15) is 14.4 Å². The summed E-state index contributed by atoms with van der Waals surface area (Å²) in [6.45, 7) is 1.90. The summed E-state index contributed by atoms with van der Waals surface area (Å²) < 4.78 is 1.82. The minimum atomic E-state index is -0.644. The topological polar surface area (TPSA) is 108 Å². The Bertz CT molecular complexity index is 1800. The van der Waals surface area contributed by atoms with E-state index in [4.69, 9.17) is 5.73 Å². The molecule has 8 heteroatoms. The lowest BCUT2D eigenvalue weighted by Crippen LogP contribution is -2.52. The Balaban J connectivity index is 1.15. The predicted octanol–water partition coefficient (Wildman–Crippen LogP) is 4.53. The number of aryl methyl sites for hydroxylation is 1. The number of aromatic nitrogens is 1. The van der Waals surface area contributed by atoms with Gasteiger partial charge in [-0.05, 0) is 84.3 Å². The summed E-state index contributed by atoms with van der Waals surface area (Å²) >= 11 is 0. The van der Waals surface area contributed by atoms with Crippen molar-refractivity contribution < 1.29 is 19.0 Å². The number of fused-ring (bicyclic) bond motifs is 4. The van der Waals surface area contributed by atoms with Crippen LogP contribution in [0.5, 0.6) is 0 Å². The fraction of sp³-hybridized carbons (Fsp3) is 0.265. The van der Waals surface area contributed by atoms with Gasteiger partial charge in [-0.1, -0.05) is 42.5 Å². The Hall–Kier alpha value is -4.85. The molecule has 3 N–H and O–H groups in total. The van der Waals surface area contributed by atoms with Gasteiger partial charge in [0, 0.05) is 23.4 Å². The molecule has 3 aromatic carbocycles. The van der Waals surface area contributed by atoms with Crippen molar-refractivity contribution in [1.82, 2.24) is 9.88 Å². The van der Waals surface area contributed by atoms with Crippen molar-refractivity contribution in [2.75, 3.05) is 11.9 Å². The molecule has 2 fully saturated rings. The number of anilines is 1. The highest BCUT2D eigenvalue weighted by Crippen LogP contribution is 2.43. The standard InChI is InChI=1S/C34H31N5O3/c1-20-5-4-8-30(36-20)37-34(42)32-25-11-13-26(16-25)39(32)31(40)19-38-18-28(33(35)41)27-17-24(12-14-29(27)38)23-10-9-21-6-2-3-7-22(21)15-23/h2-10,12,14-15,17-18,25-26,28,32H,11,13,16,19H2,1H3,(H2-,35,36,37,41,42)/p+1/t25?,26?,28?,32-/m0/s1. The average Bonchev–Trinajstić information content (AvgIpc) is 3.70. The summed E-state index contributed by atoms with van der Waals surface area (Å²) in [6, 6.07) is 25.4. The van der Waals surface area contributed by atoms with E-state index in [0.29, 0.717) is 5.82 Å². The normalized spacial score (nSPS) is 22.2. The minimum absolute atomic E-state index is 0.0296. The Kier molecular flexibility index (Phi) is 6.34. The van der Waals surface area contributed by atoms with Gasteiger partial charge in [-0.15, -0.1) is 0 Å². The molecule has 3 amide bonds. The number of carbonyl (C=O) groups is 3. The van der Waals surface area contributed by atoms with Crippen LogP contribution in [0, 0.1) is 12.8 Å². The van der Waals surface area contributed by atoms with Crippen molar-refractivity contribution in [3.05, 3.63) is 90.1 Å². The lowest BCUT2D eigenvalue weighted by molar-refractivity contribution is -0.422. The van der Waals surface area contributed by atoms with Gasteiger partial charge in [0.25, 0.3) is 5.91 Å². The number of benzene rings is 3. The van der Waals surface area contributed by atoms with Gasteiger partial charge in [0.05, 0.1) is 0 Å². The molecular formula is C34H32N5O3+. The van der Waals surface area contributed by atoms with Crippen LogP contribution < -0.4 is 11.1 Å². The van der Waals surface area contributed by atoms with Gasteiger partial charge < -0.3 is 16.0 Å². The second kappa shape index (κ2) is 10.2. The number of carbonyl (C=O) groups excluding carboxylic acids is 3. The number of hydrogen-bond donors (Lipinski definition) is 2. The van der Waals surface area contributed by atoms with Crippen molar-refractivity contribution in [2.45, 2.75) is 44.2 Å². The number of amides is 3. The van der Waals surface area contributed by atoms with Crippen molar-refractivity contribution in [3.8, 4) is 11.1 Å². The Morgan fingerprint density at radius 2 is 1.74 bits per heavy atom. The lowest BCUT2D eigenvalue weighted by atomic mass is 9.94. The Morgan fingerprint density at radius 3 is 2.55 bits per heavy atom. The van der Waals surface area contributed by atoms with Crippen LogP contribution >= 0.6 is 0 Å².